The van der Waals surface area contributed by atoms with Gasteiger partial charge in [-0.15, -0.1) is 11.3 Å². The summed E-state index contributed by atoms with van der Waals surface area (Å²) in [6.45, 7) is 5.09. The normalized spacial score (nSPS) is 12.7. The van der Waals surface area contributed by atoms with E-state index in [4.69, 9.17) is 0 Å². The minimum Gasteiger partial charge on any atom is -0.306 e. The second-order valence-corrected chi connectivity index (χ2v) is 7.83. The molecule has 0 bridgehead atoms. The van der Waals surface area contributed by atoms with Crippen LogP contribution in [0.1, 0.15) is 35.4 Å². The predicted octanol–water partition coefficient (Wildman–Crippen LogP) is 5.81. The van der Waals surface area contributed by atoms with E-state index in [9.17, 15) is 4.39 Å². The molecule has 2 aromatic rings. The quantitative estimate of drug-likeness (QED) is 0.643. The van der Waals surface area contributed by atoms with E-state index in [1.807, 2.05) is 6.07 Å². The number of rotatable bonds is 5. The number of benzene rings is 1. The summed E-state index contributed by atoms with van der Waals surface area (Å²) < 4.78 is 15.4. The maximum absolute atomic E-state index is 13.8. The molecule has 108 valence electrons. The van der Waals surface area contributed by atoms with Crippen molar-refractivity contribution in [2.24, 2.45) is 0 Å². The van der Waals surface area contributed by atoms with Gasteiger partial charge in [0, 0.05) is 4.88 Å². The van der Waals surface area contributed by atoms with Crippen LogP contribution in [-0.4, -0.2) is 6.54 Å². The molecule has 0 saturated heterocycles. The number of nitrogens with one attached hydrogen (secondary N) is 1. The van der Waals surface area contributed by atoms with Crippen LogP contribution in [0.25, 0.3) is 0 Å². The van der Waals surface area contributed by atoms with Crippen molar-refractivity contribution in [2.75, 3.05) is 6.54 Å². The summed E-state index contributed by atoms with van der Waals surface area (Å²) in [5, 5.41) is 3.50. The molecule has 1 unspecified atom stereocenters. The van der Waals surface area contributed by atoms with Crippen LogP contribution in [-0.2, 0) is 0 Å². The Morgan fingerprint density at radius 2 is 2.10 bits per heavy atom. The largest absolute Gasteiger partial charge is 0.306 e. The molecule has 0 aliphatic heterocycles. The van der Waals surface area contributed by atoms with Crippen molar-refractivity contribution in [1.82, 2.24) is 5.32 Å². The van der Waals surface area contributed by atoms with Gasteiger partial charge in [0.2, 0.25) is 0 Å². The fourth-order valence-electron chi connectivity index (χ4n) is 2.02. The average Bonchev–Trinajstić information content (AvgIpc) is 2.74. The van der Waals surface area contributed by atoms with Gasteiger partial charge in [0.25, 0.3) is 0 Å². The van der Waals surface area contributed by atoms with Crippen LogP contribution in [0.15, 0.2) is 32.5 Å². The summed E-state index contributed by atoms with van der Waals surface area (Å²) in [5.74, 6) is -0.224. The van der Waals surface area contributed by atoms with Gasteiger partial charge < -0.3 is 5.32 Å². The Morgan fingerprint density at radius 1 is 1.35 bits per heavy atom. The van der Waals surface area contributed by atoms with Crippen molar-refractivity contribution in [3.63, 3.8) is 0 Å². The third-order valence-corrected chi connectivity index (χ3v) is 6.09. The molecule has 0 spiro atoms. The average molecular weight is 421 g/mol. The van der Waals surface area contributed by atoms with Crippen LogP contribution >= 0.6 is 43.2 Å². The van der Waals surface area contributed by atoms with Crippen LogP contribution in [0.4, 0.5) is 4.39 Å². The standard InChI is InChI=1S/C15H16Br2FNS/c1-3-7-19-14(12-8-9(2)15(17)20-12)10-5-4-6-11(18)13(10)16/h4-6,8,14,19H,3,7H2,1-2H3. The lowest BCUT2D eigenvalue weighted by molar-refractivity contribution is 0.585. The van der Waals surface area contributed by atoms with Gasteiger partial charge in [-0.3, -0.25) is 0 Å². The fourth-order valence-corrected chi connectivity index (χ4v) is 4.18. The fraction of sp³-hybridized carbons (Fsp3) is 0.333. The van der Waals surface area contributed by atoms with E-state index in [0.717, 1.165) is 22.3 Å². The minimum absolute atomic E-state index is 0.00928. The van der Waals surface area contributed by atoms with Gasteiger partial charge in [-0.25, -0.2) is 4.39 Å². The van der Waals surface area contributed by atoms with Crippen molar-refractivity contribution in [2.45, 2.75) is 26.3 Å². The Hall–Kier alpha value is -0.230. The maximum atomic E-state index is 13.8. The number of thiophene rings is 1. The summed E-state index contributed by atoms with van der Waals surface area (Å²) in [4.78, 5) is 1.19. The molecule has 2 rings (SSSR count). The number of hydrogen-bond acceptors (Lipinski definition) is 2. The van der Waals surface area contributed by atoms with Gasteiger partial charge in [-0.2, -0.15) is 0 Å². The lowest BCUT2D eigenvalue weighted by atomic mass is 10.0. The van der Waals surface area contributed by atoms with Gasteiger partial charge in [-0.1, -0.05) is 19.1 Å². The molecule has 0 fully saturated rings. The molecular formula is C15H16Br2FNS. The third kappa shape index (κ3) is 3.50. The Balaban J connectivity index is 2.44. The SMILES string of the molecule is CCCNC(c1cc(C)c(Br)s1)c1cccc(F)c1Br. The molecule has 0 saturated carbocycles. The van der Waals surface area contributed by atoms with Crippen LogP contribution < -0.4 is 5.32 Å². The highest BCUT2D eigenvalue weighted by Gasteiger charge is 2.20. The van der Waals surface area contributed by atoms with Gasteiger partial charge >= 0.3 is 0 Å². The molecule has 5 heteroatoms. The smallest absolute Gasteiger partial charge is 0.137 e. The molecule has 1 heterocycles. The zero-order valence-corrected chi connectivity index (χ0v) is 15.3. The Kier molecular flexibility index (Phi) is 5.78. The topological polar surface area (TPSA) is 12.0 Å². The van der Waals surface area contributed by atoms with Crippen molar-refractivity contribution < 1.29 is 4.39 Å². The molecule has 0 aliphatic rings. The summed E-state index contributed by atoms with van der Waals surface area (Å²) in [6.07, 6.45) is 1.04. The highest BCUT2D eigenvalue weighted by atomic mass is 79.9. The Bertz CT molecular complexity index is 578. The Morgan fingerprint density at radius 3 is 2.70 bits per heavy atom. The molecule has 1 aromatic heterocycles. The first-order chi connectivity index (χ1) is 9.54. The molecule has 20 heavy (non-hydrogen) atoms. The predicted molar refractivity (Wildman–Crippen MR) is 91.0 cm³/mol. The molecule has 0 amide bonds. The van der Waals surface area contributed by atoms with Crippen LogP contribution in [0, 0.1) is 12.7 Å². The zero-order chi connectivity index (χ0) is 14.7. The van der Waals surface area contributed by atoms with Gasteiger partial charge in [-0.05, 0) is 75.0 Å². The van der Waals surface area contributed by atoms with E-state index in [1.54, 1.807) is 17.4 Å². The number of halogens is 3. The molecule has 1 aromatic carbocycles. The highest BCUT2D eigenvalue weighted by Crippen LogP contribution is 2.37. The van der Waals surface area contributed by atoms with Crippen molar-refractivity contribution in [3.05, 3.63) is 54.3 Å². The van der Waals surface area contributed by atoms with Crippen molar-refractivity contribution in [1.29, 1.82) is 0 Å². The summed E-state index contributed by atoms with van der Waals surface area (Å²) in [7, 11) is 0. The lowest BCUT2D eigenvalue weighted by Gasteiger charge is -2.19. The summed E-state index contributed by atoms with van der Waals surface area (Å²) >= 11 is 8.63. The minimum atomic E-state index is -0.224. The highest BCUT2D eigenvalue weighted by molar-refractivity contribution is 9.11. The van der Waals surface area contributed by atoms with Gasteiger partial charge in [0.1, 0.15) is 5.82 Å². The number of hydrogen-bond donors (Lipinski definition) is 1. The van der Waals surface area contributed by atoms with E-state index in [1.165, 1.54) is 16.5 Å². The van der Waals surface area contributed by atoms with E-state index < -0.39 is 0 Å². The van der Waals surface area contributed by atoms with E-state index >= 15 is 0 Å². The lowest BCUT2D eigenvalue weighted by Crippen LogP contribution is -2.23. The first-order valence-corrected chi connectivity index (χ1v) is 8.88. The van der Waals surface area contributed by atoms with E-state index in [-0.39, 0.29) is 11.9 Å². The molecule has 1 N–H and O–H groups in total. The van der Waals surface area contributed by atoms with Crippen LogP contribution in [0.3, 0.4) is 0 Å². The monoisotopic (exact) mass is 419 g/mol. The van der Waals surface area contributed by atoms with Crippen molar-refractivity contribution >= 4 is 43.2 Å². The molecule has 0 radical (unpaired) electrons. The second kappa shape index (κ2) is 7.16. The summed E-state index contributed by atoms with van der Waals surface area (Å²) in [5.41, 5.74) is 2.15. The molecule has 0 aliphatic carbocycles. The Labute approximate surface area is 139 Å². The van der Waals surface area contributed by atoms with E-state index in [0.29, 0.717) is 4.47 Å². The van der Waals surface area contributed by atoms with Crippen molar-refractivity contribution in [3.8, 4) is 0 Å². The van der Waals surface area contributed by atoms with E-state index in [2.05, 4.69) is 57.1 Å². The molecule has 1 nitrogen and oxygen atoms in total. The van der Waals surface area contributed by atoms with Crippen LogP contribution in [0.2, 0.25) is 0 Å². The molecular weight excluding hydrogens is 405 g/mol. The summed E-state index contributed by atoms with van der Waals surface area (Å²) in [6, 6.07) is 7.35. The maximum Gasteiger partial charge on any atom is 0.137 e. The zero-order valence-electron chi connectivity index (χ0n) is 11.3. The molecule has 1 atom stereocenters. The van der Waals surface area contributed by atoms with Crippen LogP contribution in [0.5, 0.6) is 0 Å². The first kappa shape index (κ1) is 16.1. The van der Waals surface area contributed by atoms with Gasteiger partial charge in [0.15, 0.2) is 0 Å². The third-order valence-electron chi connectivity index (χ3n) is 3.05. The number of aryl methyl sites for hydroxylation is 1. The van der Waals surface area contributed by atoms with Gasteiger partial charge in [0.05, 0.1) is 14.3 Å². The second-order valence-electron chi connectivity index (χ2n) is 4.64. The first-order valence-electron chi connectivity index (χ1n) is 6.47.